The second-order valence-corrected chi connectivity index (χ2v) is 12.7. The van der Waals surface area contributed by atoms with Crippen molar-refractivity contribution in [2.45, 2.75) is 93.2 Å². The van der Waals surface area contributed by atoms with Gasteiger partial charge in [0.05, 0.1) is 11.7 Å². The Morgan fingerprint density at radius 3 is 2.19 bits per heavy atom. The number of likely N-dealkylation sites (tertiary alicyclic amines) is 1. The van der Waals surface area contributed by atoms with Crippen LogP contribution in [-0.2, 0) is 22.6 Å². The summed E-state index contributed by atoms with van der Waals surface area (Å²) in [4.78, 5) is 38.5. The maximum atomic E-state index is 14.0. The number of halogens is 3. The number of Topliss-reactive ketones (excluding diaryl/α,β-unsaturated/α-hetero) is 1. The molecule has 2 N–H and O–H groups in total. The third-order valence-electron chi connectivity index (χ3n) is 7.26. The summed E-state index contributed by atoms with van der Waals surface area (Å²) in [5.41, 5.74) is 6.36. The van der Waals surface area contributed by atoms with Gasteiger partial charge in [-0.2, -0.15) is 9.78 Å². The number of primary amides is 1. The summed E-state index contributed by atoms with van der Waals surface area (Å²) in [6.45, 7) is 16.2. The average Bonchev–Trinajstić information content (AvgIpc) is 3.52. The Morgan fingerprint density at radius 2 is 1.67 bits per heavy atom. The number of carbonyl (C=O) groups is 3. The van der Waals surface area contributed by atoms with E-state index in [9.17, 15) is 27.6 Å². The van der Waals surface area contributed by atoms with Crippen molar-refractivity contribution in [1.29, 1.82) is 0 Å². The van der Waals surface area contributed by atoms with Crippen LogP contribution in [0.3, 0.4) is 0 Å². The summed E-state index contributed by atoms with van der Waals surface area (Å²) in [5, 5.41) is 4.01. The van der Waals surface area contributed by atoms with Gasteiger partial charge in [-0.05, 0) is 44.2 Å². The number of nitrogens with two attached hydrogens (primary N) is 1. The molecule has 2 amide bonds. The van der Waals surface area contributed by atoms with Gasteiger partial charge in [-0.1, -0.05) is 48.0 Å². The lowest BCUT2D eigenvalue weighted by Crippen LogP contribution is -2.40. The summed E-state index contributed by atoms with van der Waals surface area (Å²) in [6.07, 6.45) is 4.13. The predicted octanol–water partition coefficient (Wildman–Crippen LogP) is 5.94. The van der Waals surface area contributed by atoms with Crippen molar-refractivity contribution < 1.29 is 27.6 Å². The molecule has 0 spiro atoms. The van der Waals surface area contributed by atoms with E-state index in [1.807, 2.05) is 32.7 Å². The van der Waals surface area contributed by atoms with Gasteiger partial charge in [0.25, 0.3) is 0 Å². The summed E-state index contributed by atoms with van der Waals surface area (Å²) in [6, 6.07) is 0.259. The van der Waals surface area contributed by atoms with Crippen LogP contribution in [0.15, 0.2) is 12.1 Å². The van der Waals surface area contributed by atoms with Crippen LogP contribution >= 0.6 is 0 Å². The van der Waals surface area contributed by atoms with Gasteiger partial charge in [-0.15, -0.1) is 0 Å². The first-order chi connectivity index (χ1) is 19.5. The molecule has 1 saturated heterocycles. The van der Waals surface area contributed by atoms with Gasteiger partial charge in [0.15, 0.2) is 17.4 Å². The second-order valence-electron chi connectivity index (χ2n) is 12.7. The molecule has 2 aliphatic rings. The van der Waals surface area contributed by atoms with E-state index in [-0.39, 0.29) is 34.4 Å². The van der Waals surface area contributed by atoms with Crippen LogP contribution in [0, 0.1) is 28.8 Å². The van der Waals surface area contributed by atoms with Gasteiger partial charge in [-0.25, -0.2) is 18.0 Å². The molecule has 0 radical (unpaired) electrons. The molecule has 3 heterocycles. The standard InChI is InChI=1S/C14H13F3N4O.C12H21NO2.C5H12/c1-20-3-2-12-8(6-20)13(19-21(12)14(18)22)7-4-10(16)11(17)5-9(7)15;1-9(14)10-6-5-7-13(10)11(15)8-12(2,3)4;1-4-5(2)3/h4-5H,2-3,6H2,1H3,(H2,18,22);10H,5-8H2,1-4H3;5H,4H2,1-3H3. The van der Waals surface area contributed by atoms with Crippen molar-refractivity contribution in [3.8, 4) is 11.3 Å². The number of amides is 2. The first-order valence-corrected chi connectivity index (χ1v) is 14.5. The van der Waals surface area contributed by atoms with Gasteiger partial charge in [-0.3, -0.25) is 9.59 Å². The van der Waals surface area contributed by atoms with Crippen molar-refractivity contribution in [1.82, 2.24) is 19.6 Å². The van der Waals surface area contributed by atoms with Gasteiger partial charge >= 0.3 is 6.03 Å². The highest BCUT2D eigenvalue weighted by Gasteiger charge is 2.33. The molecule has 4 rings (SSSR count). The topological polar surface area (TPSA) is 102 Å². The Balaban J connectivity index is 0.000000267. The molecule has 1 fully saturated rings. The molecule has 0 bridgehead atoms. The monoisotopic (exact) mass is 593 g/mol. The zero-order valence-electron chi connectivity index (χ0n) is 26.2. The highest BCUT2D eigenvalue weighted by molar-refractivity contribution is 5.88. The van der Waals surface area contributed by atoms with Crippen LogP contribution in [0.4, 0.5) is 18.0 Å². The minimum absolute atomic E-state index is 0.00100. The highest BCUT2D eigenvalue weighted by Crippen LogP contribution is 2.32. The van der Waals surface area contributed by atoms with Gasteiger partial charge in [0.2, 0.25) is 5.91 Å². The molecular formula is C31H46F3N5O3. The van der Waals surface area contributed by atoms with Crippen LogP contribution in [0.2, 0.25) is 0 Å². The minimum atomic E-state index is -1.28. The third-order valence-corrected chi connectivity index (χ3v) is 7.26. The molecule has 1 aromatic heterocycles. The highest BCUT2D eigenvalue weighted by atomic mass is 19.2. The van der Waals surface area contributed by atoms with Gasteiger partial charge < -0.3 is 15.5 Å². The molecule has 2 aromatic rings. The molecule has 42 heavy (non-hydrogen) atoms. The number of hydrogen-bond donors (Lipinski definition) is 1. The Kier molecular flexibility index (Phi) is 12.3. The first-order valence-electron chi connectivity index (χ1n) is 14.5. The summed E-state index contributed by atoms with van der Waals surface area (Å²) in [5.74, 6) is -2.27. The lowest BCUT2D eigenvalue weighted by Gasteiger charge is -2.26. The number of carbonyl (C=O) groups excluding carboxylic acids is 3. The minimum Gasteiger partial charge on any atom is -0.350 e. The molecule has 1 unspecified atom stereocenters. The smallest absolute Gasteiger partial charge is 0.339 e. The molecule has 1 atom stereocenters. The van der Waals surface area contributed by atoms with E-state index >= 15 is 0 Å². The van der Waals surface area contributed by atoms with E-state index in [2.05, 4.69) is 25.9 Å². The largest absolute Gasteiger partial charge is 0.350 e. The van der Waals surface area contributed by atoms with Crippen LogP contribution in [-0.4, -0.2) is 63.5 Å². The lowest BCUT2D eigenvalue weighted by molar-refractivity contribution is -0.138. The summed E-state index contributed by atoms with van der Waals surface area (Å²) in [7, 11) is 1.86. The van der Waals surface area contributed by atoms with Crippen molar-refractivity contribution >= 4 is 17.7 Å². The van der Waals surface area contributed by atoms with E-state index < -0.39 is 23.5 Å². The Bertz CT molecular complexity index is 1270. The van der Waals surface area contributed by atoms with E-state index in [1.165, 1.54) is 6.42 Å². The molecule has 0 saturated carbocycles. The fourth-order valence-corrected chi connectivity index (χ4v) is 4.70. The lowest BCUT2D eigenvalue weighted by atomic mass is 9.91. The molecule has 8 nitrogen and oxygen atoms in total. The molecule has 2 aliphatic heterocycles. The van der Waals surface area contributed by atoms with Crippen LogP contribution in [0.5, 0.6) is 0 Å². The normalized spacial score (nSPS) is 16.8. The van der Waals surface area contributed by atoms with E-state index in [4.69, 9.17) is 5.73 Å². The predicted molar refractivity (Wildman–Crippen MR) is 157 cm³/mol. The molecule has 0 aliphatic carbocycles. The molecule has 234 valence electrons. The Labute approximate surface area is 247 Å². The maximum absolute atomic E-state index is 14.0. The van der Waals surface area contributed by atoms with Crippen LogP contribution < -0.4 is 5.73 Å². The fourth-order valence-electron chi connectivity index (χ4n) is 4.70. The second kappa shape index (κ2) is 14.8. The maximum Gasteiger partial charge on any atom is 0.339 e. The van der Waals surface area contributed by atoms with E-state index in [0.29, 0.717) is 43.3 Å². The van der Waals surface area contributed by atoms with Crippen molar-refractivity contribution in [3.05, 3.63) is 40.8 Å². The number of likely N-dealkylation sites (N-methyl/N-ethyl adjacent to an activating group) is 1. The zero-order valence-corrected chi connectivity index (χ0v) is 26.2. The third kappa shape index (κ3) is 9.40. The Morgan fingerprint density at radius 1 is 1.07 bits per heavy atom. The average molecular weight is 594 g/mol. The van der Waals surface area contributed by atoms with Gasteiger partial charge in [0, 0.05) is 49.7 Å². The Hall–Kier alpha value is -3.21. The molecular weight excluding hydrogens is 547 g/mol. The number of fused-ring (bicyclic) bond motifs is 1. The van der Waals surface area contributed by atoms with Crippen LogP contribution in [0.25, 0.3) is 11.3 Å². The number of nitrogens with zero attached hydrogens (tertiary/aromatic N) is 4. The summed E-state index contributed by atoms with van der Waals surface area (Å²) < 4.78 is 41.5. The van der Waals surface area contributed by atoms with Crippen molar-refractivity contribution in [3.63, 3.8) is 0 Å². The summed E-state index contributed by atoms with van der Waals surface area (Å²) >= 11 is 0. The van der Waals surface area contributed by atoms with E-state index in [1.54, 1.807) is 11.8 Å². The quantitative estimate of drug-likeness (QED) is 0.443. The first kappa shape index (κ1) is 35.0. The number of rotatable bonds is 4. The van der Waals surface area contributed by atoms with Crippen molar-refractivity contribution in [2.24, 2.45) is 17.1 Å². The fraction of sp³-hybridized carbons (Fsp3) is 0.613. The SMILES string of the molecule is CC(=O)C1CCCN1C(=O)CC(C)(C)C.CCC(C)C.CN1CCc2c(c(-c3cc(F)c(F)cc3F)nn2C(N)=O)C1. The molecule has 11 heteroatoms. The number of aromatic nitrogens is 2. The van der Waals surface area contributed by atoms with Gasteiger partial charge in [0.1, 0.15) is 11.5 Å². The number of benzene rings is 1. The van der Waals surface area contributed by atoms with Crippen LogP contribution in [0.1, 0.15) is 85.4 Å². The zero-order chi connectivity index (χ0) is 31.9. The number of ketones is 1. The van der Waals surface area contributed by atoms with E-state index in [0.717, 1.165) is 36.1 Å². The number of hydrogen-bond acceptors (Lipinski definition) is 5. The molecule has 1 aromatic carbocycles. The van der Waals surface area contributed by atoms with Crippen molar-refractivity contribution in [2.75, 3.05) is 20.1 Å².